The minimum atomic E-state index is -0.425. The number of ether oxygens (including phenoxy) is 2. The highest BCUT2D eigenvalue weighted by Crippen LogP contribution is 2.20. The Morgan fingerprint density at radius 1 is 0.935 bits per heavy atom. The molecule has 0 heterocycles. The molecule has 0 bridgehead atoms. The molecule has 0 spiro atoms. The van der Waals surface area contributed by atoms with Gasteiger partial charge >= 0.3 is 5.97 Å². The first-order valence-electron chi connectivity index (χ1n) is 10.3. The maximum atomic E-state index is 12.4. The number of hydrogen-bond donors (Lipinski definition) is 2. The van der Waals surface area contributed by atoms with Crippen LogP contribution in [-0.4, -0.2) is 31.0 Å². The third-order valence-corrected chi connectivity index (χ3v) is 4.80. The summed E-state index contributed by atoms with van der Waals surface area (Å²) in [4.78, 5) is 36.4. The molecule has 0 aromatic heterocycles. The highest BCUT2D eigenvalue weighted by atomic mass is 16.5. The van der Waals surface area contributed by atoms with Gasteiger partial charge in [0.15, 0.2) is 6.61 Å². The maximum Gasteiger partial charge on any atom is 0.309 e. The van der Waals surface area contributed by atoms with Crippen LogP contribution >= 0.6 is 0 Å². The van der Waals surface area contributed by atoms with E-state index in [1.807, 2.05) is 19.1 Å². The van der Waals surface area contributed by atoms with Crippen LogP contribution in [-0.2, 0) is 14.3 Å². The number of carbonyl (C=O) groups is 3. The van der Waals surface area contributed by atoms with E-state index in [1.54, 1.807) is 48.5 Å². The number of nitrogens with one attached hydrogen (secondary N) is 2. The van der Waals surface area contributed by atoms with Crippen molar-refractivity contribution in [2.24, 2.45) is 5.92 Å². The average molecular weight is 422 g/mol. The molecular weight excluding hydrogens is 396 g/mol. The standard InChI is InChI=1S/C24H26N2O5/c1-2-30-21-14-12-20(13-15-21)26-23(28)17-8-10-19(11-9-17)25-22(27)16-31-24(29)18-6-4-3-5-7-18/h3-4,8-15,18H,2,5-7,16H2,1H3,(H,25,27)(H,26,28)/t18-/m1/s1. The van der Waals surface area contributed by atoms with Crippen LogP contribution in [0.4, 0.5) is 11.4 Å². The van der Waals surface area contributed by atoms with Crippen molar-refractivity contribution in [1.29, 1.82) is 0 Å². The number of esters is 1. The number of benzene rings is 2. The van der Waals surface area contributed by atoms with Crippen LogP contribution in [0.25, 0.3) is 0 Å². The largest absolute Gasteiger partial charge is 0.494 e. The molecule has 0 saturated heterocycles. The second-order valence-corrected chi connectivity index (χ2v) is 7.13. The van der Waals surface area contributed by atoms with Crippen LogP contribution in [0.15, 0.2) is 60.7 Å². The highest BCUT2D eigenvalue weighted by Gasteiger charge is 2.21. The van der Waals surface area contributed by atoms with Crippen LogP contribution in [0, 0.1) is 5.92 Å². The number of carbonyl (C=O) groups excluding carboxylic acids is 3. The second kappa shape index (κ2) is 11.0. The first-order valence-corrected chi connectivity index (χ1v) is 10.3. The quantitative estimate of drug-likeness (QED) is 0.492. The minimum absolute atomic E-state index is 0.175. The van der Waals surface area contributed by atoms with E-state index in [0.717, 1.165) is 18.6 Å². The molecule has 162 valence electrons. The van der Waals surface area contributed by atoms with Gasteiger partial charge in [0.05, 0.1) is 12.5 Å². The second-order valence-electron chi connectivity index (χ2n) is 7.13. The summed E-state index contributed by atoms with van der Waals surface area (Å²) >= 11 is 0. The summed E-state index contributed by atoms with van der Waals surface area (Å²) in [6.07, 6.45) is 6.25. The monoisotopic (exact) mass is 422 g/mol. The SMILES string of the molecule is CCOc1ccc(NC(=O)c2ccc(NC(=O)COC(=O)[C@@H]3CC=CCC3)cc2)cc1. The molecule has 31 heavy (non-hydrogen) atoms. The summed E-state index contributed by atoms with van der Waals surface area (Å²) in [6.45, 7) is 2.15. The van der Waals surface area contributed by atoms with E-state index >= 15 is 0 Å². The van der Waals surface area contributed by atoms with Crippen LogP contribution in [0.2, 0.25) is 0 Å². The van der Waals surface area contributed by atoms with Gasteiger partial charge in [-0.3, -0.25) is 14.4 Å². The molecule has 7 heteroatoms. The Hall–Kier alpha value is -3.61. The lowest BCUT2D eigenvalue weighted by Gasteiger charge is -2.16. The smallest absolute Gasteiger partial charge is 0.309 e. The molecule has 0 aliphatic heterocycles. The average Bonchev–Trinajstić information content (AvgIpc) is 2.80. The molecule has 0 radical (unpaired) electrons. The molecule has 1 aliphatic carbocycles. The molecule has 1 aliphatic rings. The predicted octanol–water partition coefficient (Wildman–Crippen LogP) is 4.18. The van der Waals surface area contributed by atoms with Crippen LogP contribution < -0.4 is 15.4 Å². The first kappa shape index (κ1) is 22.1. The number of rotatable bonds is 8. The third-order valence-electron chi connectivity index (χ3n) is 4.80. The maximum absolute atomic E-state index is 12.4. The van der Waals surface area contributed by atoms with E-state index in [2.05, 4.69) is 10.6 Å². The van der Waals surface area contributed by atoms with Crippen LogP contribution in [0.1, 0.15) is 36.5 Å². The van der Waals surface area contributed by atoms with Gasteiger partial charge in [0.1, 0.15) is 5.75 Å². The Morgan fingerprint density at radius 3 is 2.26 bits per heavy atom. The van der Waals surface area contributed by atoms with E-state index in [9.17, 15) is 14.4 Å². The van der Waals surface area contributed by atoms with Gasteiger partial charge in [0, 0.05) is 16.9 Å². The third kappa shape index (κ3) is 6.70. The van der Waals surface area contributed by atoms with Crippen molar-refractivity contribution in [2.45, 2.75) is 26.2 Å². The number of anilines is 2. The topological polar surface area (TPSA) is 93.7 Å². The molecule has 7 nitrogen and oxygen atoms in total. The molecular formula is C24H26N2O5. The highest BCUT2D eigenvalue weighted by molar-refractivity contribution is 6.04. The number of hydrogen-bond acceptors (Lipinski definition) is 5. The van der Waals surface area contributed by atoms with Crippen LogP contribution in [0.3, 0.4) is 0 Å². The first-order chi connectivity index (χ1) is 15.0. The van der Waals surface area contributed by atoms with Gasteiger partial charge in [-0.1, -0.05) is 12.2 Å². The number of amides is 2. The van der Waals surface area contributed by atoms with Crippen molar-refractivity contribution in [3.05, 3.63) is 66.2 Å². The zero-order valence-electron chi connectivity index (χ0n) is 17.4. The molecule has 1 atom stereocenters. The normalized spacial score (nSPS) is 15.1. The van der Waals surface area contributed by atoms with Crippen molar-refractivity contribution in [2.75, 3.05) is 23.8 Å². The van der Waals surface area contributed by atoms with Crippen molar-refractivity contribution in [1.82, 2.24) is 0 Å². The molecule has 2 N–H and O–H groups in total. The van der Waals surface area contributed by atoms with E-state index in [1.165, 1.54) is 0 Å². The lowest BCUT2D eigenvalue weighted by atomic mass is 9.95. The molecule has 2 aromatic rings. The fourth-order valence-electron chi connectivity index (χ4n) is 3.17. The zero-order chi connectivity index (χ0) is 22.1. The van der Waals surface area contributed by atoms with Crippen LogP contribution in [0.5, 0.6) is 5.75 Å². The van der Waals surface area contributed by atoms with E-state index in [4.69, 9.17) is 9.47 Å². The van der Waals surface area contributed by atoms with Crippen molar-refractivity contribution in [3.63, 3.8) is 0 Å². The Balaban J connectivity index is 1.46. The lowest BCUT2D eigenvalue weighted by molar-refractivity contribution is -0.151. The molecule has 2 aromatic carbocycles. The van der Waals surface area contributed by atoms with E-state index in [0.29, 0.717) is 30.0 Å². The molecule has 3 rings (SSSR count). The minimum Gasteiger partial charge on any atom is -0.494 e. The zero-order valence-corrected chi connectivity index (χ0v) is 17.4. The van der Waals surface area contributed by atoms with Crippen molar-refractivity contribution < 1.29 is 23.9 Å². The van der Waals surface area contributed by atoms with E-state index in [-0.39, 0.29) is 24.4 Å². The Kier molecular flexibility index (Phi) is 7.81. The molecule has 2 amide bonds. The van der Waals surface area contributed by atoms with E-state index < -0.39 is 5.91 Å². The molecule has 0 fully saturated rings. The van der Waals surface area contributed by atoms with Gasteiger partial charge in [-0.2, -0.15) is 0 Å². The molecule has 0 unspecified atom stereocenters. The Morgan fingerprint density at radius 2 is 1.61 bits per heavy atom. The lowest BCUT2D eigenvalue weighted by Crippen LogP contribution is -2.25. The number of allylic oxidation sites excluding steroid dienone is 2. The summed E-state index contributed by atoms with van der Waals surface area (Å²) in [7, 11) is 0. The van der Waals surface area contributed by atoms with Crippen molar-refractivity contribution in [3.8, 4) is 5.75 Å². The van der Waals surface area contributed by atoms with Gasteiger partial charge in [-0.25, -0.2) is 0 Å². The predicted molar refractivity (Wildman–Crippen MR) is 118 cm³/mol. The Bertz CT molecular complexity index is 935. The fraction of sp³-hybridized carbons (Fsp3) is 0.292. The molecule has 0 saturated carbocycles. The van der Waals surface area contributed by atoms with Crippen molar-refractivity contribution >= 4 is 29.2 Å². The fourth-order valence-corrected chi connectivity index (χ4v) is 3.17. The Labute approximate surface area is 181 Å². The van der Waals surface area contributed by atoms with Gasteiger partial charge in [0.2, 0.25) is 0 Å². The summed E-state index contributed by atoms with van der Waals surface area (Å²) in [5, 5.41) is 5.47. The summed E-state index contributed by atoms with van der Waals surface area (Å²) in [5.74, 6) is -0.475. The van der Waals surface area contributed by atoms with Gasteiger partial charge in [0.25, 0.3) is 11.8 Å². The van der Waals surface area contributed by atoms with Gasteiger partial charge in [-0.05, 0) is 74.7 Å². The summed E-state index contributed by atoms with van der Waals surface area (Å²) in [6, 6.07) is 13.6. The summed E-state index contributed by atoms with van der Waals surface area (Å²) in [5.41, 5.74) is 1.61. The van der Waals surface area contributed by atoms with Gasteiger partial charge in [-0.15, -0.1) is 0 Å². The summed E-state index contributed by atoms with van der Waals surface area (Å²) < 4.78 is 10.5. The van der Waals surface area contributed by atoms with Gasteiger partial charge < -0.3 is 20.1 Å².